The Kier molecular flexibility index (Phi) is 3.54. The third-order valence-electron chi connectivity index (χ3n) is 2.71. The lowest BCUT2D eigenvalue weighted by molar-refractivity contribution is -0.147. The molecule has 1 saturated heterocycles. The first kappa shape index (κ1) is 12.5. The molecule has 0 aliphatic carbocycles. The molecule has 0 aromatic carbocycles. The summed E-state index contributed by atoms with van der Waals surface area (Å²) in [7, 11) is 0. The molecule has 1 atom stereocenters. The van der Waals surface area contributed by atoms with Crippen LogP contribution in [0.2, 0.25) is 0 Å². The summed E-state index contributed by atoms with van der Waals surface area (Å²) in [5.74, 6) is -0.723. The molecule has 0 N–H and O–H groups in total. The molecule has 1 aromatic rings. The van der Waals surface area contributed by atoms with Gasteiger partial charge in [0.25, 0.3) is 5.95 Å². The van der Waals surface area contributed by atoms with Gasteiger partial charge in [0.2, 0.25) is 5.91 Å². The van der Waals surface area contributed by atoms with Crippen molar-refractivity contribution in [3.63, 3.8) is 0 Å². The van der Waals surface area contributed by atoms with Crippen LogP contribution in [0.5, 0.6) is 0 Å². The van der Waals surface area contributed by atoms with Gasteiger partial charge in [0.05, 0.1) is 19.1 Å². The van der Waals surface area contributed by atoms with E-state index < -0.39 is 5.92 Å². The van der Waals surface area contributed by atoms with E-state index in [1.807, 2.05) is 6.92 Å². The average Bonchev–Trinajstić information content (AvgIpc) is 2.95. The Labute approximate surface area is 104 Å². The van der Waals surface area contributed by atoms with E-state index in [0.717, 1.165) is 0 Å². The summed E-state index contributed by atoms with van der Waals surface area (Å²) < 4.78 is 4.91. The highest BCUT2D eigenvalue weighted by Crippen LogP contribution is 2.22. The third-order valence-corrected chi connectivity index (χ3v) is 2.71. The summed E-state index contributed by atoms with van der Waals surface area (Å²) >= 11 is 0. The Bertz CT molecular complexity index is 458. The molecule has 0 spiro atoms. The molecular weight excluding hydrogens is 238 g/mol. The summed E-state index contributed by atoms with van der Waals surface area (Å²) in [5.41, 5.74) is 0. The second-order valence-electron chi connectivity index (χ2n) is 3.94. The molecule has 0 radical (unpaired) electrons. The number of tetrazole rings is 1. The van der Waals surface area contributed by atoms with Gasteiger partial charge in [-0.3, -0.25) is 14.5 Å². The second-order valence-corrected chi connectivity index (χ2v) is 3.94. The first-order chi connectivity index (χ1) is 8.65. The van der Waals surface area contributed by atoms with E-state index in [2.05, 4.69) is 15.4 Å². The van der Waals surface area contributed by atoms with Gasteiger partial charge in [-0.25, -0.2) is 0 Å². The van der Waals surface area contributed by atoms with Crippen molar-refractivity contribution in [2.75, 3.05) is 18.1 Å². The zero-order valence-electron chi connectivity index (χ0n) is 10.4. The van der Waals surface area contributed by atoms with Crippen LogP contribution in [0.4, 0.5) is 5.95 Å². The highest BCUT2D eigenvalue weighted by molar-refractivity contribution is 5.98. The van der Waals surface area contributed by atoms with E-state index in [1.165, 1.54) is 9.70 Å². The van der Waals surface area contributed by atoms with Gasteiger partial charge in [-0.15, -0.1) is 5.10 Å². The van der Waals surface area contributed by atoms with Crippen molar-refractivity contribution < 1.29 is 14.3 Å². The van der Waals surface area contributed by atoms with Crippen molar-refractivity contribution in [2.45, 2.75) is 26.8 Å². The third kappa shape index (κ3) is 2.31. The van der Waals surface area contributed by atoms with Crippen molar-refractivity contribution in [1.29, 1.82) is 0 Å². The van der Waals surface area contributed by atoms with E-state index in [9.17, 15) is 9.59 Å². The molecule has 8 nitrogen and oxygen atoms in total. The minimum absolute atomic E-state index is 0.138. The zero-order valence-corrected chi connectivity index (χ0v) is 10.4. The molecule has 2 heterocycles. The second kappa shape index (κ2) is 5.11. The summed E-state index contributed by atoms with van der Waals surface area (Å²) in [6, 6.07) is 0. The van der Waals surface area contributed by atoms with Gasteiger partial charge in [0.15, 0.2) is 0 Å². The number of rotatable bonds is 4. The van der Waals surface area contributed by atoms with Crippen molar-refractivity contribution in [3.05, 3.63) is 0 Å². The first-order valence-electron chi connectivity index (χ1n) is 5.90. The number of aryl methyl sites for hydroxylation is 1. The fraction of sp³-hybridized carbons (Fsp3) is 0.700. The molecule has 1 fully saturated rings. The van der Waals surface area contributed by atoms with E-state index in [1.54, 1.807) is 6.92 Å². The molecule has 1 aliphatic rings. The number of carbonyl (C=O) groups excluding carboxylic acids is 2. The molecule has 0 bridgehead atoms. The van der Waals surface area contributed by atoms with Gasteiger partial charge < -0.3 is 4.74 Å². The van der Waals surface area contributed by atoms with Gasteiger partial charge >= 0.3 is 5.97 Å². The fourth-order valence-electron chi connectivity index (χ4n) is 1.80. The van der Waals surface area contributed by atoms with Gasteiger partial charge in [-0.1, -0.05) is 5.10 Å². The van der Waals surface area contributed by atoms with Crippen LogP contribution >= 0.6 is 0 Å². The van der Waals surface area contributed by atoms with Crippen LogP contribution in [0.3, 0.4) is 0 Å². The Hall–Kier alpha value is -1.99. The van der Waals surface area contributed by atoms with Crippen LogP contribution < -0.4 is 4.90 Å². The van der Waals surface area contributed by atoms with Gasteiger partial charge in [-0.05, 0) is 19.1 Å². The van der Waals surface area contributed by atoms with Gasteiger partial charge in [0.1, 0.15) is 0 Å². The summed E-state index contributed by atoms with van der Waals surface area (Å²) in [6.45, 7) is 4.76. The molecule has 2 rings (SSSR count). The Morgan fingerprint density at radius 1 is 1.50 bits per heavy atom. The first-order valence-corrected chi connectivity index (χ1v) is 5.90. The smallest absolute Gasteiger partial charge is 0.311 e. The van der Waals surface area contributed by atoms with Crippen molar-refractivity contribution in [1.82, 2.24) is 20.2 Å². The van der Waals surface area contributed by atoms with Crippen LogP contribution in [0.15, 0.2) is 0 Å². The molecule has 1 aliphatic heterocycles. The molecule has 0 saturated carbocycles. The lowest BCUT2D eigenvalue weighted by atomic mass is 10.1. The van der Waals surface area contributed by atoms with Crippen molar-refractivity contribution in [2.24, 2.45) is 5.92 Å². The Morgan fingerprint density at radius 2 is 2.28 bits per heavy atom. The van der Waals surface area contributed by atoms with Crippen molar-refractivity contribution in [3.8, 4) is 0 Å². The number of hydrogen-bond acceptors (Lipinski definition) is 6. The molecular formula is C10H15N5O3. The van der Waals surface area contributed by atoms with Crippen LogP contribution in [-0.4, -0.2) is 45.2 Å². The summed E-state index contributed by atoms with van der Waals surface area (Å²) in [6.07, 6.45) is 0.138. The molecule has 98 valence electrons. The van der Waals surface area contributed by atoms with Crippen LogP contribution in [-0.2, 0) is 20.9 Å². The largest absolute Gasteiger partial charge is 0.466 e. The normalized spacial score (nSPS) is 19.3. The highest BCUT2D eigenvalue weighted by Gasteiger charge is 2.37. The average molecular weight is 253 g/mol. The molecule has 1 aromatic heterocycles. The maximum absolute atomic E-state index is 11.8. The quantitative estimate of drug-likeness (QED) is 0.679. The SMILES string of the molecule is CCOC(=O)C1CC(=O)N(c2nnn(CC)n2)C1. The van der Waals surface area contributed by atoms with Crippen LogP contribution in [0.1, 0.15) is 20.3 Å². The standard InChI is InChI=1S/C10H15N5O3/c1-3-15-12-10(11-13-15)14-6-7(5-8(14)16)9(17)18-4-2/h7H,3-6H2,1-2H3. The summed E-state index contributed by atoms with van der Waals surface area (Å²) in [4.78, 5) is 26.1. The maximum Gasteiger partial charge on any atom is 0.311 e. The molecule has 8 heteroatoms. The van der Waals surface area contributed by atoms with Gasteiger partial charge in [-0.2, -0.15) is 4.80 Å². The molecule has 18 heavy (non-hydrogen) atoms. The highest BCUT2D eigenvalue weighted by atomic mass is 16.5. The fourth-order valence-corrected chi connectivity index (χ4v) is 1.80. The Balaban J connectivity index is 2.07. The van der Waals surface area contributed by atoms with Crippen molar-refractivity contribution >= 4 is 17.8 Å². The number of esters is 1. The lowest BCUT2D eigenvalue weighted by Gasteiger charge is -2.10. The number of carbonyl (C=O) groups is 2. The number of ether oxygens (including phenoxy) is 1. The van der Waals surface area contributed by atoms with E-state index in [0.29, 0.717) is 13.2 Å². The van der Waals surface area contributed by atoms with Crippen LogP contribution in [0, 0.1) is 5.92 Å². The number of hydrogen-bond donors (Lipinski definition) is 0. The predicted molar refractivity (Wildman–Crippen MR) is 60.6 cm³/mol. The van der Waals surface area contributed by atoms with E-state index in [-0.39, 0.29) is 30.8 Å². The van der Waals surface area contributed by atoms with Gasteiger partial charge in [0, 0.05) is 13.0 Å². The molecule has 1 amide bonds. The Morgan fingerprint density at radius 3 is 2.89 bits per heavy atom. The number of aromatic nitrogens is 4. The predicted octanol–water partition coefficient (Wildman–Crippen LogP) is -0.391. The van der Waals surface area contributed by atoms with Crippen LogP contribution in [0.25, 0.3) is 0 Å². The number of nitrogens with zero attached hydrogens (tertiary/aromatic N) is 5. The topological polar surface area (TPSA) is 90.2 Å². The number of anilines is 1. The molecule has 1 unspecified atom stereocenters. The minimum atomic E-state index is -0.439. The van der Waals surface area contributed by atoms with E-state index >= 15 is 0 Å². The maximum atomic E-state index is 11.8. The lowest BCUT2D eigenvalue weighted by Crippen LogP contribution is -2.27. The minimum Gasteiger partial charge on any atom is -0.466 e. The zero-order chi connectivity index (χ0) is 13.1. The summed E-state index contributed by atoms with van der Waals surface area (Å²) in [5, 5.41) is 11.6. The monoisotopic (exact) mass is 253 g/mol. The van der Waals surface area contributed by atoms with E-state index in [4.69, 9.17) is 4.74 Å². The number of amides is 1.